The molecule has 0 atom stereocenters. The van der Waals surface area contributed by atoms with Crippen LogP contribution in [0.25, 0.3) is 21.8 Å². The highest BCUT2D eigenvalue weighted by Crippen LogP contribution is 2.25. The second-order valence-corrected chi connectivity index (χ2v) is 5.96. The molecule has 8 heteroatoms. The Balaban J connectivity index is 1.94. The Labute approximate surface area is 147 Å². The maximum Gasteiger partial charge on any atom is 0.258 e. The monoisotopic (exact) mass is 350 g/mol. The molecule has 4 rings (SSSR count). The Morgan fingerprint density at radius 1 is 1.08 bits per heavy atom. The van der Waals surface area contributed by atoms with Gasteiger partial charge in [-0.15, -0.1) is 0 Å². The number of benzene rings is 2. The summed E-state index contributed by atoms with van der Waals surface area (Å²) in [6.07, 6.45) is 1.52. The van der Waals surface area contributed by atoms with Gasteiger partial charge < -0.3 is 21.4 Å². The lowest BCUT2D eigenvalue weighted by Gasteiger charge is -2.11. The first-order valence-electron chi connectivity index (χ1n) is 7.81. The molecule has 0 fully saturated rings. The summed E-state index contributed by atoms with van der Waals surface area (Å²) in [5, 5.41) is 3.93. The highest BCUT2D eigenvalue weighted by Gasteiger charge is 2.12. The highest BCUT2D eigenvalue weighted by atomic mass is 19.1. The van der Waals surface area contributed by atoms with Gasteiger partial charge in [-0.1, -0.05) is 0 Å². The average Bonchev–Trinajstić information content (AvgIpc) is 2.62. The van der Waals surface area contributed by atoms with Crippen LogP contribution in [-0.2, 0) is 7.05 Å². The van der Waals surface area contributed by atoms with Gasteiger partial charge in [0.15, 0.2) is 0 Å². The third kappa shape index (κ3) is 2.48. The van der Waals surface area contributed by atoms with Gasteiger partial charge in [-0.25, -0.2) is 14.4 Å². The van der Waals surface area contributed by atoms with Crippen molar-refractivity contribution >= 4 is 44.8 Å². The molecule has 0 aliphatic rings. The van der Waals surface area contributed by atoms with Crippen molar-refractivity contribution in [2.45, 2.75) is 0 Å². The van der Waals surface area contributed by atoms with Gasteiger partial charge in [0.1, 0.15) is 11.3 Å². The number of fused-ring (bicyclic) bond motifs is 3. The van der Waals surface area contributed by atoms with E-state index < -0.39 is 5.82 Å². The van der Waals surface area contributed by atoms with E-state index in [0.717, 1.165) is 0 Å². The van der Waals surface area contributed by atoms with Gasteiger partial charge in [0, 0.05) is 23.8 Å². The number of nitrogens with zero attached hydrogens (tertiary/aromatic N) is 3. The lowest BCUT2D eigenvalue weighted by atomic mass is 10.1. The number of anilines is 4. The van der Waals surface area contributed by atoms with E-state index in [1.165, 1.54) is 29.0 Å². The molecule has 0 bridgehead atoms. The number of nitrogens with one attached hydrogen (secondary N) is 1. The molecule has 2 heterocycles. The minimum Gasteiger partial charge on any atom is -0.399 e. The van der Waals surface area contributed by atoms with Crippen LogP contribution >= 0.6 is 0 Å². The minimum absolute atomic E-state index is 0.169. The van der Waals surface area contributed by atoms with Crippen LogP contribution in [-0.4, -0.2) is 14.5 Å². The van der Waals surface area contributed by atoms with Crippen molar-refractivity contribution in [1.82, 2.24) is 14.5 Å². The quantitative estimate of drug-likeness (QED) is 0.378. The molecule has 2 aromatic heterocycles. The second-order valence-electron chi connectivity index (χ2n) is 5.96. The van der Waals surface area contributed by atoms with Crippen molar-refractivity contribution in [3.63, 3.8) is 0 Å². The van der Waals surface area contributed by atoms with Crippen LogP contribution in [0.15, 0.2) is 47.4 Å². The summed E-state index contributed by atoms with van der Waals surface area (Å²) >= 11 is 0. The lowest BCUT2D eigenvalue weighted by Crippen LogP contribution is -2.18. The predicted octanol–water partition coefficient (Wildman–Crippen LogP) is 2.53. The summed E-state index contributed by atoms with van der Waals surface area (Å²) in [4.78, 5) is 21.2. The zero-order valence-electron chi connectivity index (χ0n) is 13.8. The first-order valence-corrected chi connectivity index (χ1v) is 7.81. The number of hydrogen-bond acceptors (Lipinski definition) is 6. The molecule has 0 aliphatic heterocycles. The molecule has 4 aromatic rings. The molecule has 0 saturated heterocycles. The van der Waals surface area contributed by atoms with E-state index in [-0.39, 0.29) is 17.2 Å². The standard InChI is InChI=1S/C18H15FN6O/c1-25-15-8-22-18(23-14-7-10(21)3-5-13(14)19)24-16(15)11-4-2-9(20)6-12(11)17(25)26/h2-8H,20-21H2,1H3,(H,22,23,24). The highest BCUT2D eigenvalue weighted by molar-refractivity contribution is 6.04. The molecule has 2 aromatic carbocycles. The number of aryl methyl sites for hydroxylation is 1. The first-order chi connectivity index (χ1) is 12.4. The fourth-order valence-corrected chi connectivity index (χ4v) is 2.87. The van der Waals surface area contributed by atoms with Crippen molar-refractivity contribution in [3.05, 3.63) is 58.8 Å². The van der Waals surface area contributed by atoms with Crippen LogP contribution in [0.3, 0.4) is 0 Å². The Bertz CT molecular complexity index is 1230. The Kier molecular flexibility index (Phi) is 3.47. The number of hydrogen-bond donors (Lipinski definition) is 3. The Hall–Kier alpha value is -3.68. The molecule has 0 radical (unpaired) electrons. The molecule has 26 heavy (non-hydrogen) atoms. The molecule has 130 valence electrons. The lowest BCUT2D eigenvalue weighted by molar-refractivity contribution is 0.632. The number of nitrogen functional groups attached to an aromatic ring is 2. The summed E-state index contributed by atoms with van der Waals surface area (Å²) in [6.45, 7) is 0. The van der Waals surface area contributed by atoms with E-state index in [2.05, 4.69) is 15.3 Å². The minimum atomic E-state index is -0.471. The molecule has 0 unspecified atom stereocenters. The summed E-state index contributed by atoms with van der Waals surface area (Å²) in [7, 11) is 1.64. The SMILES string of the molecule is Cn1c(=O)c2cc(N)ccc2c2nc(Nc3cc(N)ccc3F)ncc21. The van der Waals surface area contributed by atoms with E-state index in [1.807, 2.05) is 0 Å². The van der Waals surface area contributed by atoms with Crippen molar-refractivity contribution < 1.29 is 4.39 Å². The normalized spacial score (nSPS) is 11.2. The molecule has 0 spiro atoms. The molecule has 0 amide bonds. The van der Waals surface area contributed by atoms with Crippen LogP contribution in [0.1, 0.15) is 0 Å². The van der Waals surface area contributed by atoms with Crippen LogP contribution in [0.2, 0.25) is 0 Å². The molecular formula is C18H15FN6O. The third-order valence-electron chi connectivity index (χ3n) is 4.20. The number of pyridine rings is 1. The molecule has 7 nitrogen and oxygen atoms in total. The number of nitrogens with two attached hydrogens (primary N) is 2. The van der Waals surface area contributed by atoms with E-state index in [4.69, 9.17) is 11.5 Å². The Morgan fingerprint density at radius 3 is 2.62 bits per heavy atom. The van der Waals surface area contributed by atoms with Gasteiger partial charge in [-0.3, -0.25) is 4.79 Å². The molecular weight excluding hydrogens is 335 g/mol. The summed E-state index contributed by atoms with van der Waals surface area (Å²) in [6, 6.07) is 9.25. The van der Waals surface area contributed by atoms with Crippen molar-refractivity contribution in [3.8, 4) is 0 Å². The fraction of sp³-hybridized carbons (Fsp3) is 0.0556. The largest absolute Gasteiger partial charge is 0.399 e. The molecule has 0 aliphatic carbocycles. The van der Waals surface area contributed by atoms with E-state index in [1.54, 1.807) is 25.2 Å². The topological polar surface area (TPSA) is 112 Å². The zero-order valence-corrected chi connectivity index (χ0v) is 13.8. The Morgan fingerprint density at radius 2 is 1.81 bits per heavy atom. The molecule has 5 N–H and O–H groups in total. The van der Waals surface area contributed by atoms with E-state index >= 15 is 0 Å². The number of halogens is 1. The first kappa shape index (κ1) is 15.8. The van der Waals surface area contributed by atoms with Crippen LogP contribution < -0.4 is 22.3 Å². The number of aromatic nitrogens is 3. The maximum absolute atomic E-state index is 14.0. The van der Waals surface area contributed by atoms with Gasteiger partial charge in [0.2, 0.25) is 5.95 Å². The summed E-state index contributed by atoms with van der Waals surface area (Å²) < 4.78 is 15.4. The van der Waals surface area contributed by atoms with E-state index in [9.17, 15) is 9.18 Å². The van der Waals surface area contributed by atoms with Gasteiger partial charge in [-0.2, -0.15) is 0 Å². The maximum atomic E-state index is 14.0. The smallest absolute Gasteiger partial charge is 0.258 e. The predicted molar refractivity (Wildman–Crippen MR) is 101 cm³/mol. The average molecular weight is 350 g/mol. The van der Waals surface area contributed by atoms with Crippen LogP contribution in [0, 0.1) is 5.82 Å². The van der Waals surface area contributed by atoms with Crippen molar-refractivity contribution in [2.75, 3.05) is 16.8 Å². The van der Waals surface area contributed by atoms with E-state index in [0.29, 0.717) is 33.2 Å². The van der Waals surface area contributed by atoms with Crippen LogP contribution in [0.5, 0.6) is 0 Å². The zero-order chi connectivity index (χ0) is 18.4. The fourth-order valence-electron chi connectivity index (χ4n) is 2.87. The molecule has 0 saturated carbocycles. The van der Waals surface area contributed by atoms with Gasteiger partial charge in [0.05, 0.1) is 22.8 Å². The van der Waals surface area contributed by atoms with Crippen molar-refractivity contribution in [2.24, 2.45) is 7.05 Å². The van der Waals surface area contributed by atoms with Gasteiger partial charge in [0.25, 0.3) is 5.56 Å². The van der Waals surface area contributed by atoms with Gasteiger partial charge in [-0.05, 0) is 36.4 Å². The van der Waals surface area contributed by atoms with Crippen molar-refractivity contribution in [1.29, 1.82) is 0 Å². The van der Waals surface area contributed by atoms with Gasteiger partial charge >= 0.3 is 0 Å². The summed E-state index contributed by atoms with van der Waals surface area (Å²) in [5.74, 6) is -0.278. The summed E-state index contributed by atoms with van der Waals surface area (Å²) in [5.41, 5.74) is 13.5. The third-order valence-corrected chi connectivity index (χ3v) is 4.20. The number of rotatable bonds is 2. The second kappa shape index (κ2) is 5.69. The van der Waals surface area contributed by atoms with Crippen LogP contribution in [0.4, 0.5) is 27.4 Å².